The van der Waals surface area contributed by atoms with Crippen molar-refractivity contribution >= 4 is 44.0 Å². The molecule has 9 heteroatoms. The molecule has 114 valence electrons. The van der Waals surface area contributed by atoms with Gasteiger partial charge in [-0.05, 0) is 44.0 Å². The van der Waals surface area contributed by atoms with Crippen molar-refractivity contribution in [3.8, 4) is 11.5 Å². The Hall–Kier alpha value is -1.87. The molecule has 2 heterocycles. The zero-order valence-corrected chi connectivity index (χ0v) is 14.5. The number of hydrazone groups is 1. The SMILES string of the molecule is Cn1ncc(Br)c1C(=O)N/N=C\c1cc2c(cc1Br)OCO2. The second-order valence-electron chi connectivity index (χ2n) is 4.39. The Morgan fingerprint density at radius 3 is 2.77 bits per heavy atom. The first-order valence-electron chi connectivity index (χ1n) is 6.16. The first-order chi connectivity index (χ1) is 10.6. The lowest BCUT2D eigenvalue weighted by Gasteiger charge is -2.03. The van der Waals surface area contributed by atoms with Gasteiger partial charge in [0.2, 0.25) is 6.79 Å². The van der Waals surface area contributed by atoms with Crippen molar-refractivity contribution in [3.05, 3.63) is 38.5 Å². The summed E-state index contributed by atoms with van der Waals surface area (Å²) in [5.74, 6) is 0.956. The average molecular weight is 430 g/mol. The van der Waals surface area contributed by atoms with Gasteiger partial charge in [-0.3, -0.25) is 9.48 Å². The summed E-state index contributed by atoms with van der Waals surface area (Å²) >= 11 is 6.68. The minimum atomic E-state index is -0.361. The molecule has 0 fully saturated rings. The van der Waals surface area contributed by atoms with Gasteiger partial charge in [0.1, 0.15) is 5.69 Å². The van der Waals surface area contributed by atoms with E-state index in [2.05, 4.69) is 47.5 Å². The number of benzene rings is 1. The minimum Gasteiger partial charge on any atom is -0.454 e. The zero-order chi connectivity index (χ0) is 15.7. The van der Waals surface area contributed by atoms with Crippen LogP contribution in [0.2, 0.25) is 0 Å². The number of aryl methyl sites for hydroxylation is 1. The number of nitrogens with one attached hydrogen (secondary N) is 1. The summed E-state index contributed by atoms with van der Waals surface area (Å²) in [6, 6.07) is 3.57. The average Bonchev–Trinajstić information content (AvgIpc) is 3.05. The molecule has 0 radical (unpaired) electrons. The zero-order valence-electron chi connectivity index (χ0n) is 11.3. The van der Waals surface area contributed by atoms with Crippen molar-refractivity contribution < 1.29 is 14.3 Å². The van der Waals surface area contributed by atoms with Gasteiger partial charge in [-0.25, -0.2) is 5.43 Å². The summed E-state index contributed by atoms with van der Waals surface area (Å²) in [5.41, 5.74) is 3.61. The van der Waals surface area contributed by atoms with Crippen molar-refractivity contribution in [2.75, 3.05) is 6.79 Å². The van der Waals surface area contributed by atoms with Gasteiger partial charge < -0.3 is 9.47 Å². The van der Waals surface area contributed by atoms with E-state index in [-0.39, 0.29) is 12.7 Å². The van der Waals surface area contributed by atoms with E-state index in [9.17, 15) is 4.79 Å². The Labute approximate surface area is 142 Å². The van der Waals surface area contributed by atoms with E-state index in [4.69, 9.17) is 9.47 Å². The molecular formula is C13H10Br2N4O3. The van der Waals surface area contributed by atoms with Crippen LogP contribution in [0.3, 0.4) is 0 Å². The Morgan fingerprint density at radius 1 is 1.36 bits per heavy atom. The number of rotatable bonds is 3. The number of halogens is 2. The second kappa shape index (κ2) is 6.09. The fourth-order valence-electron chi connectivity index (χ4n) is 1.91. The number of aromatic nitrogens is 2. The monoisotopic (exact) mass is 428 g/mol. The summed E-state index contributed by atoms with van der Waals surface area (Å²) < 4.78 is 13.4. The van der Waals surface area contributed by atoms with Gasteiger partial charge in [0.25, 0.3) is 5.91 Å². The number of ether oxygens (including phenoxy) is 2. The van der Waals surface area contributed by atoms with Gasteiger partial charge in [-0.2, -0.15) is 10.2 Å². The molecule has 3 rings (SSSR count). The third-order valence-corrected chi connectivity index (χ3v) is 4.24. The molecule has 0 unspecified atom stereocenters. The molecule has 0 aliphatic carbocycles. The fourth-order valence-corrected chi connectivity index (χ4v) is 2.86. The number of carbonyl (C=O) groups is 1. The lowest BCUT2D eigenvalue weighted by molar-refractivity contribution is 0.0945. The number of nitrogens with zero attached hydrogens (tertiary/aromatic N) is 3. The predicted molar refractivity (Wildman–Crippen MR) is 86.2 cm³/mol. The molecule has 0 spiro atoms. The molecule has 1 aliphatic rings. The molecule has 1 aliphatic heterocycles. The van der Waals surface area contributed by atoms with Crippen LogP contribution in [0.25, 0.3) is 0 Å². The van der Waals surface area contributed by atoms with Crippen LogP contribution in [0, 0.1) is 0 Å². The first-order valence-corrected chi connectivity index (χ1v) is 7.75. The number of amides is 1. The van der Waals surface area contributed by atoms with Crippen LogP contribution in [0.1, 0.15) is 16.1 Å². The summed E-state index contributed by atoms with van der Waals surface area (Å²) in [5, 5.41) is 7.93. The molecule has 1 N–H and O–H groups in total. The summed E-state index contributed by atoms with van der Waals surface area (Å²) in [6.07, 6.45) is 3.07. The number of hydrogen-bond donors (Lipinski definition) is 1. The molecule has 7 nitrogen and oxygen atoms in total. The van der Waals surface area contributed by atoms with Gasteiger partial charge in [0.05, 0.1) is 16.9 Å². The Bertz CT molecular complexity index is 753. The lowest BCUT2D eigenvalue weighted by Crippen LogP contribution is -2.21. The van der Waals surface area contributed by atoms with Crippen molar-refractivity contribution in [2.45, 2.75) is 0 Å². The highest BCUT2D eigenvalue weighted by Gasteiger charge is 2.16. The maximum atomic E-state index is 12.0. The van der Waals surface area contributed by atoms with E-state index >= 15 is 0 Å². The molecule has 2 aromatic rings. The molecule has 0 bridgehead atoms. The third kappa shape index (κ3) is 2.86. The topological polar surface area (TPSA) is 77.7 Å². The molecule has 1 aromatic carbocycles. The Balaban J connectivity index is 1.74. The highest BCUT2D eigenvalue weighted by atomic mass is 79.9. The molecule has 22 heavy (non-hydrogen) atoms. The van der Waals surface area contributed by atoms with E-state index in [1.54, 1.807) is 25.4 Å². The second-order valence-corrected chi connectivity index (χ2v) is 6.10. The largest absolute Gasteiger partial charge is 0.454 e. The van der Waals surface area contributed by atoms with Crippen LogP contribution in [0.15, 0.2) is 32.4 Å². The van der Waals surface area contributed by atoms with Crippen molar-refractivity contribution in [2.24, 2.45) is 12.1 Å². The van der Waals surface area contributed by atoms with Crippen LogP contribution in [0.4, 0.5) is 0 Å². The Morgan fingerprint density at radius 2 is 2.09 bits per heavy atom. The van der Waals surface area contributed by atoms with Crippen molar-refractivity contribution in [1.82, 2.24) is 15.2 Å². The van der Waals surface area contributed by atoms with Gasteiger partial charge in [0.15, 0.2) is 11.5 Å². The van der Waals surface area contributed by atoms with Crippen molar-refractivity contribution in [1.29, 1.82) is 0 Å². The minimum absolute atomic E-state index is 0.202. The van der Waals surface area contributed by atoms with Gasteiger partial charge in [0, 0.05) is 17.1 Å². The molecule has 0 saturated heterocycles. The number of carbonyl (C=O) groups excluding carboxylic acids is 1. The standard InChI is InChI=1S/C13H10Br2N4O3/c1-19-12(9(15)5-17-19)13(20)18-16-4-7-2-10-11(3-8(7)14)22-6-21-10/h2-5H,6H2,1H3,(H,18,20)/b16-4-. The summed E-state index contributed by atoms with van der Waals surface area (Å²) in [4.78, 5) is 12.0. The first kappa shape index (κ1) is 15.0. The maximum absolute atomic E-state index is 12.0. The van der Waals surface area contributed by atoms with Crippen LogP contribution in [0.5, 0.6) is 11.5 Å². The smallest absolute Gasteiger partial charge is 0.290 e. The molecule has 0 saturated carbocycles. The van der Waals surface area contributed by atoms with Gasteiger partial charge in [-0.1, -0.05) is 0 Å². The van der Waals surface area contributed by atoms with Crippen LogP contribution in [-0.4, -0.2) is 28.7 Å². The fraction of sp³-hybridized carbons (Fsp3) is 0.154. The lowest BCUT2D eigenvalue weighted by atomic mass is 10.2. The normalized spacial score (nSPS) is 12.9. The number of fused-ring (bicyclic) bond motifs is 1. The summed E-state index contributed by atoms with van der Waals surface area (Å²) in [7, 11) is 1.68. The predicted octanol–water partition coefficient (Wildman–Crippen LogP) is 2.44. The number of hydrogen-bond acceptors (Lipinski definition) is 5. The van der Waals surface area contributed by atoms with E-state index in [0.29, 0.717) is 21.7 Å². The van der Waals surface area contributed by atoms with Gasteiger partial charge >= 0.3 is 0 Å². The Kier molecular flexibility index (Phi) is 4.16. The molecule has 0 atom stereocenters. The van der Waals surface area contributed by atoms with Crippen LogP contribution >= 0.6 is 31.9 Å². The maximum Gasteiger partial charge on any atom is 0.290 e. The summed E-state index contributed by atoms with van der Waals surface area (Å²) in [6.45, 7) is 0.202. The third-order valence-electron chi connectivity index (χ3n) is 2.97. The van der Waals surface area contributed by atoms with Crippen LogP contribution < -0.4 is 14.9 Å². The molecule has 1 aromatic heterocycles. The van der Waals surface area contributed by atoms with E-state index < -0.39 is 0 Å². The van der Waals surface area contributed by atoms with E-state index in [0.717, 1.165) is 10.0 Å². The van der Waals surface area contributed by atoms with E-state index in [1.807, 2.05) is 0 Å². The van der Waals surface area contributed by atoms with E-state index in [1.165, 1.54) is 10.9 Å². The van der Waals surface area contributed by atoms with Crippen LogP contribution in [-0.2, 0) is 7.05 Å². The molecule has 1 amide bonds. The highest BCUT2D eigenvalue weighted by Crippen LogP contribution is 2.36. The molecular weight excluding hydrogens is 420 g/mol. The van der Waals surface area contributed by atoms with Crippen molar-refractivity contribution in [3.63, 3.8) is 0 Å². The highest BCUT2D eigenvalue weighted by molar-refractivity contribution is 9.10. The quantitative estimate of drug-likeness (QED) is 0.600. The van der Waals surface area contributed by atoms with Gasteiger partial charge in [-0.15, -0.1) is 0 Å².